The molecular formula is C13H11BO2. The second kappa shape index (κ2) is 3.60. The quantitative estimate of drug-likeness (QED) is 0.671. The third-order valence-electron chi connectivity index (χ3n) is 2.76. The normalized spacial score (nSPS) is 12.9. The zero-order valence-corrected chi connectivity index (χ0v) is 9.01. The largest absolute Gasteiger partial charge is 0.633 e. The van der Waals surface area contributed by atoms with Gasteiger partial charge < -0.3 is 9.31 Å². The van der Waals surface area contributed by atoms with Crippen LogP contribution in [-0.4, -0.2) is 7.12 Å². The monoisotopic (exact) mass is 210 g/mol. The van der Waals surface area contributed by atoms with Crippen molar-refractivity contribution in [2.75, 3.05) is 0 Å². The van der Waals surface area contributed by atoms with Crippen LogP contribution >= 0.6 is 0 Å². The van der Waals surface area contributed by atoms with E-state index in [9.17, 15) is 0 Å². The Bertz CT molecular complexity index is 500. The van der Waals surface area contributed by atoms with Crippen LogP contribution in [0.15, 0.2) is 48.5 Å². The fourth-order valence-electron chi connectivity index (χ4n) is 1.88. The van der Waals surface area contributed by atoms with Gasteiger partial charge in [0.2, 0.25) is 0 Å². The van der Waals surface area contributed by atoms with Crippen molar-refractivity contribution in [2.45, 2.75) is 6.92 Å². The summed E-state index contributed by atoms with van der Waals surface area (Å²) in [5.74, 6) is 1.63. The summed E-state index contributed by atoms with van der Waals surface area (Å²) in [5, 5.41) is 0. The molecule has 0 fully saturated rings. The zero-order valence-electron chi connectivity index (χ0n) is 9.01. The lowest BCUT2D eigenvalue weighted by Crippen LogP contribution is -2.40. The lowest BCUT2D eigenvalue weighted by Gasteiger charge is -2.07. The van der Waals surface area contributed by atoms with Crippen molar-refractivity contribution < 1.29 is 9.31 Å². The summed E-state index contributed by atoms with van der Waals surface area (Å²) < 4.78 is 11.5. The van der Waals surface area contributed by atoms with Gasteiger partial charge in [-0.25, -0.2) is 0 Å². The molecule has 16 heavy (non-hydrogen) atoms. The van der Waals surface area contributed by atoms with Crippen LogP contribution in [-0.2, 0) is 0 Å². The first kappa shape index (κ1) is 9.34. The van der Waals surface area contributed by atoms with E-state index < -0.39 is 0 Å². The van der Waals surface area contributed by atoms with Gasteiger partial charge in [-0.3, -0.25) is 0 Å². The summed E-state index contributed by atoms with van der Waals surface area (Å²) in [6.07, 6.45) is 0. The first-order valence-corrected chi connectivity index (χ1v) is 5.32. The highest BCUT2D eigenvalue weighted by Gasteiger charge is 2.34. The maximum Gasteiger partial charge on any atom is 0.633 e. The number of benzene rings is 2. The van der Waals surface area contributed by atoms with Crippen LogP contribution in [0.1, 0.15) is 5.56 Å². The van der Waals surface area contributed by atoms with E-state index in [4.69, 9.17) is 9.31 Å². The van der Waals surface area contributed by atoms with Crippen molar-refractivity contribution in [1.29, 1.82) is 0 Å². The highest BCUT2D eigenvalue weighted by molar-refractivity contribution is 6.64. The molecule has 1 aliphatic heterocycles. The molecule has 0 unspecified atom stereocenters. The Hall–Kier alpha value is -1.90. The van der Waals surface area contributed by atoms with E-state index >= 15 is 0 Å². The molecule has 3 heteroatoms. The highest BCUT2D eigenvalue weighted by atomic mass is 16.6. The van der Waals surface area contributed by atoms with Gasteiger partial charge in [-0.15, -0.1) is 0 Å². The molecule has 1 heterocycles. The topological polar surface area (TPSA) is 18.5 Å². The van der Waals surface area contributed by atoms with Gasteiger partial charge in [0.1, 0.15) is 11.5 Å². The minimum absolute atomic E-state index is 0.307. The standard InChI is InChI=1S/C13H11BO2/c1-10-6-2-3-7-11(10)14-15-12-8-4-5-9-13(12)16-14/h2-9H,1H3. The van der Waals surface area contributed by atoms with E-state index in [2.05, 4.69) is 13.0 Å². The van der Waals surface area contributed by atoms with Crippen LogP contribution in [0.3, 0.4) is 0 Å². The van der Waals surface area contributed by atoms with Crippen molar-refractivity contribution >= 4 is 12.6 Å². The Morgan fingerprint density at radius 2 is 1.38 bits per heavy atom. The summed E-state index contributed by atoms with van der Waals surface area (Å²) in [5.41, 5.74) is 2.26. The van der Waals surface area contributed by atoms with Gasteiger partial charge in [-0.05, 0) is 24.6 Å². The van der Waals surface area contributed by atoms with Crippen molar-refractivity contribution in [3.8, 4) is 11.5 Å². The third kappa shape index (κ3) is 1.45. The molecule has 2 aromatic carbocycles. The van der Waals surface area contributed by atoms with E-state index in [1.54, 1.807) is 0 Å². The van der Waals surface area contributed by atoms with E-state index in [0.29, 0.717) is 0 Å². The van der Waals surface area contributed by atoms with Gasteiger partial charge in [0.05, 0.1) is 0 Å². The van der Waals surface area contributed by atoms with Gasteiger partial charge in [0, 0.05) is 5.46 Å². The van der Waals surface area contributed by atoms with Crippen LogP contribution < -0.4 is 14.8 Å². The Morgan fingerprint density at radius 1 is 0.812 bits per heavy atom. The van der Waals surface area contributed by atoms with E-state index in [-0.39, 0.29) is 7.12 Å². The summed E-state index contributed by atoms with van der Waals surface area (Å²) in [4.78, 5) is 0. The molecule has 0 saturated heterocycles. The minimum Gasteiger partial charge on any atom is -0.519 e. The van der Waals surface area contributed by atoms with Crippen LogP contribution in [0.4, 0.5) is 0 Å². The molecule has 0 aromatic heterocycles. The maximum atomic E-state index is 5.75. The summed E-state index contributed by atoms with van der Waals surface area (Å²) >= 11 is 0. The molecule has 0 aliphatic carbocycles. The molecule has 0 atom stereocenters. The lowest BCUT2D eigenvalue weighted by molar-refractivity contribution is 0.518. The van der Waals surface area contributed by atoms with E-state index in [1.807, 2.05) is 42.5 Å². The van der Waals surface area contributed by atoms with Crippen molar-refractivity contribution in [3.63, 3.8) is 0 Å². The predicted octanol–water partition coefficient (Wildman–Crippen LogP) is 2.16. The van der Waals surface area contributed by atoms with Crippen molar-refractivity contribution in [3.05, 3.63) is 54.1 Å². The zero-order chi connectivity index (χ0) is 11.0. The van der Waals surface area contributed by atoms with E-state index in [1.165, 1.54) is 5.56 Å². The van der Waals surface area contributed by atoms with Crippen LogP contribution in [0, 0.1) is 6.92 Å². The van der Waals surface area contributed by atoms with Crippen LogP contribution in [0.2, 0.25) is 0 Å². The first-order valence-electron chi connectivity index (χ1n) is 5.32. The average molecular weight is 210 g/mol. The molecule has 78 valence electrons. The van der Waals surface area contributed by atoms with Gasteiger partial charge in [-0.1, -0.05) is 36.4 Å². The number of para-hydroxylation sites is 2. The molecule has 0 N–H and O–H groups in total. The maximum absolute atomic E-state index is 5.75. The van der Waals surface area contributed by atoms with Gasteiger partial charge in [-0.2, -0.15) is 0 Å². The number of rotatable bonds is 1. The Labute approximate surface area is 95.0 Å². The fourth-order valence-corrected chi connectivity index (χ4v) is 1.88. The molecular weight excluding hydrogens is 199 g/mol. The molecule has 0 radical (unpaired) electrons. The molecule has 0 spiro atoms. The molecule has 0 bridgehead atoms. The SMILES string of the molecule is Cc1ccccc1B1Oc2ccccc2O1. The molecule has 0 saturated carbocycles. The van der Waals surface area contributed by atoms with Crippen LogP contribution in [0.5, 0.6) is 11.5 Å². The predicted molar refractivity (Wildman–Crippen MR) is 64.3 cm³/mol. The van der Waals surface area contributed by atoms with Gasteiger partial charge >= 0.3 is 7.12 Å². The highest BCUT2D eigenvalue weighted by Crippen LogP contribution is 2.32. The number of aryl methyl sites for hydroxylation is 1. The molecule has 2 aromatic rings. The Morgan fingerprint density at radius 3 is 2.00 bits per heavy atom. The number of fused-ring (bicyclic) bond motifs is 1. The summed E-state index contributed by atoms with van der Waals surface area (Å²) in [6.45, 7) is 2.06. The number of hydrogen-bond donors (Lipinski definition) is 0. The van der Waals surface area contributed by atoms with Crippen molar-refractivity contribution in [1.82, 2.24) is 0 Å². The van der Waals surface area contributed by atoms with Crippen LogP contribution in [0.25, 0.3) is 0 Å². The minimum atomic E-state index is -0.307. The fraction of sp³-hybridized carbons (Fsp3) is 0.0769. The Kier molecular flexibility index (Phi) is 2.10. The summed E-state index contributed by atoms with van der Waals surface area (Å²) in [7, 11) is -0.307. The smallest absolute Gasteiger partial charge is 0.519 e. The molecule has 0 amide bonds. The second-order valence-corrected chi connectivity index (χ2v) is 3.87. The Balaban J connectivity index is 1.95. The van der Waals surface area contributed by atoms with Crippen molar-refractivity contribution in [2.24, 2.45) is 0 Å². The molecule has 3 rings (SSSR count). The average Bonchev–Trinajstić information content (AvgIpc) is 2.73. The van der Waals surface area contributed by atoms with Gasteiger partial charge in [0.25, 0.3) is 0 Å². The van der Waals surface area contributed by atoms with Gasteiger partial charge in [0.15, 0.2) is 0 Å². The van der Waals surface area contributed by atoms with E-state index in [0.717, 1.165) is 17.0 Å². The first-order chi connectivity index (χ1) is 7.84. The number of hydrogen-bond acceptors (Lipinski definition) is 2. The summed E-state index contributed by atoms with van der Waals surface area (Å²) in [6, 6.07) is 15.8. The molecule has 2 nitrogen and oxygen atoms in total. The molecule has 1 aliphatic rings. The third-order valence-corrected chi connectivity index (χ3v) is 2.76. The lowest BCUT2D eigenvalue weighted by atomic mass is 9.76. The second-order valence-electron chi connectivity index (χ2n) is 3.87.